The number of allylic oxidation sites excluding steroid dienone is 1. The molecule has 0 aromatic heterocycles. The molecule has 0 aromatic carbocycles. The maximum Gasteiger partial charge on any atom is 0.313 e. The van der Waals surface area contributed by atoms with Gasteiger partial charge in [-0.2, -0.15) is 0 Å². The second-order valence-corrected chi connectivity index (χ2v) is 2.25. The van der Waals surface area contributed by atoms with E-state index in [9.17, 15) is 4.79 Å². The molecule has 0 spiro atoms. The highest BCUT2D eigenvalue weighted by molar-refractivity contribution is 5.72. The first kappa shape index (κ1) is 8.95. The molecule has 56 valence electrons. The van der Waals surface area contributed by atoms with E-state index in [-0.39, 0.29) is 11.9 Å². The Kier molecular flexibility index (Phi) is 3.47. The smallest absolute Gasteiger partial charge is 0.313 e. The summed E-state index contributed by atoms with van der Waals surface area (Å²) in [4.78, 5) is 10.8. The van der Waals surface area contributed by atoms with Crippen molar-refractivity contribution in [3.8, 4) is 0 Å². The first-order chi connectivity index (χ1) is 4.57. The summed E-state index contributed by atoms with van der Waals surface area (Å²) in [5.41, 5.74) is 0. The van der Waals surface area contributed by atoms with Crippen molar-refractivity contribution in [2.24, 2.45) is 5.92 Å². The fourth-order valence-electron chi connectivity index (χ4n) is 0.289. The molecule has 0 atom stereocenters. The first-order valence-corrected chi connectivity index (χ1v) is 3.11. The van der Waals surface area contributed by atoms with E-state index in [1.807, 2.05) is 0 Å². The molecule has 0 radical (unpaired) electrons. The summed E-state index contributed by atoms with van der Waals surface area (Å²) in [6, 6.07) is 0. The Morgan fingerprint density at radius 2 is 2.10 bits per heavy atom. The minimum atomic E-state index is -0.273. The van der Waals surface area contributed by atoms with E-state index in [0.717, 1.165) is 0 Å². The van der Waals surface area contributed by atoms with Crippen molar-refractivity contribution in [3.05, 3.63) is 25.0 Å². The molecule has 0 bridgehead atoms. The van der Waals surface area contributed by atoms with Crippen molar-refractivity contribution in [2.45, 2.75) is 13.8 Å². The Morgan fingerprint density at radius 1 is 1.60 bits per heavy atom. The molecule has 0 amide bonds. The Morgan fingerprint density at radius 3 is 2.40 bits per heavy atom. The summed E-state index contributed by atoms with van der Waals surface area (Å²) in [6.07, 6.45) is 1.40. The van der Waals surface area contributed by atoms with Crippen LogP contribution in [-0.2, 0) is 9.53 Å². The molecular weight excluding hydrogens is 128 g/mol. The maximum atomic E-state index is 10.8. The Labute approximate surface area is 61.2 Å². The van der Waals surface area contributed by atoms with Gasteiger partial charge in [0.2, 0.25) is 0 Å². The van der Waals surface area contributed by atoms with Crippen LogP contribution in [0.1, 0.15) is 13.8 Å². The quantitative estimate of drug-likeness (QED) is 0.340. The predicted molar refractivity (Wildman–Crippen MR) is 40.3 cm³/mol. The van der Waals surface area contributed by atoms with Crippen molar-refractivity contribution >= 4 is 5.97 Å². The van der Waals surface area contributed by atoms with Crippen LogP contribution in [-0.4, -0.2) is 5.97 Å². The normalized spacial score (nSPS) is 9.10. The number of carbonyl (C=O) groups excluding carboxylic acids is 1. The molecule has 2 heteroatoms. The van der Waals surface area contributed by atoms with Gasteiger partial charge in [0.1, 0.15) is 5.76 Å². The van der Waals surface area contributed by atoms with Crippen LogP contribution in [0.3, 0.4) is 0 Å². The maximum absolute atomic E-state index is 10.8. The van der Waals surface area contributed by atoms with Crippen LogP contribution in [0.25, 0.3) is 0 Å². The fourth-order valence-corrected chi connectivity index (χ4v) is 0.289. The topological polar surface area (TPSA) is 26.3 Å². The minimum absolute atomic E-state index is 0.114. The average Bonchev–Trinajstić information content (AvgIpc) is 1.87. The number of ether oxygens (including phenoxy) is 1. The highest BCUT2D eigenvalue weighted by atomic mass is 16.5. The van der Waals surface area contributed by atoms with Gasteiger partial charge in [-0.3, -0.25) is 4.79 Å². The summed E-state index contributed by atoms with van der Waals surface area (Å²) in [6.45, 7) is 10.4. The third-order valence-corrected chi connectivity index (χ3v) is 0.931. The van der Waals surface area contributed by atoms with E-state index in [0.29, 0.717) is 5.76 Å². The molecule has 0 aromatic rings. The molecular formula is C8H12O2. The van der Waals surface area contributed by atoms with Gasteiger partial charge in [0.25, 0.3) is 0 Å². The van der Waals surface area contributed by atoms with Gasteiger partial charge in [-0.25, -0.2) is 0 Å². The molecule has 10 heavy (non-hydrogen) atoms. The molecule has 0 fully saturated rings. The summed E-state index contributed by atoms with van der Waals surface area (Å²) in [7, 11) is 0. The van der Waals surface area contributed by atoms with Gasteiger partial charge in [-0.05, 0) is 6.08 Å². The Balaban J connectivity index is 3.80. The van der Waals surface area contributed by atoms with Gasteiger partial charge < -0.3 is 4.74 Å². The van der Waals surface area contributed by atoms with Crippen molar-refractivity contribution in [3.63, 3.8) is 0 Å². The molecule has 0 aliphatic rings. The van der Waals surface area contributed by atoms with Crippen LogP contribution in [0.4, 0.5) is 0 Å². The third kappa shape index (κ3) is 3.07. The zero-order chi connectivity index (χ0) is 8.15. The van der Waals surface area contributed by atoms with Gasteiger partial charge in [0, 0.05) is 0 Å². The minimum Gasteiger partial charge on any atom is -0.427 e. The second-order valence-electron chi connectivity index (χ2n) is 2.25. The van der Waals surface area contributed by atoms with Gasteiger partial charge >= 0.3 is 5.97 Å². The van der Waals surface area contributed by atoms with E-state index in [1.165, 1.54) is 6.08 Å². The van der Waals surface area contributed by atoms with Gasteiger partial charge in [-0.15, -0.1) is 0 Å². The summed E-state index contributed by atoms with van der Waals surface area (Å²) in [5, 5.41) is 0. The van der Waals surface area contributed by atoms with Gasteiger partial charge in [-0.1, -0.05) is 27.0 Å². The van der Waals surface area contributed by atoms with Gasteiger partial charge in [0.05, 0.1) is 5.92 Å². The van der Waals surface area contributed by atoms with Gasteiger partial charge in [0.15, 0.2) is 0 Å². The van der Waals surface area contributed by atoms with E-state index >= 15 is 0 Å². The van der Waals surface area contributed by atoms with Crippen LogP contribution in [0.15, 0.2) is 25.0 Å². The van der Waals surface area contributed by atoms with Crippen LogP contribution < -0.4 is 0 Å². The van der Waals surface area contributed by atoms with E-state index in [1.54, 1.807) is 13.8 Å². The molecule has 2 nitrogen and oxygen atoms in total. The van der Waals surface area contributed by atoms with E-state index < -0.39 is 0 Å². The second kappa shape index (κ2) is 3.88. The molecule has 0 heterocycles. The zero-order valence-electron chi connectivity index (χ0n) is 6.39. The summed E-state index contributed by atoms with van der Waals surface area (Å²) in [5.74, 6) is -0.0831. The number of esters is 1. The van der Waals surface area contributed by atoms with Crippen LogP contribution in [0.5, 0.6) is 0 Å². The molecule has 0 aliphatic carbocycles. The molecule has 0 N–H and O–H groups in total. The predicted octanol–water partition coefficient (Wildman–Crippen LogP) is 1.89. The van der Waals surface area contributed by atoms with Crippen LogP contribution in [0.2, 0.25) is 0 Å². The highest BCUT2D eigenvalue weighted by Gasteiger charge is 2.07. The lowest BCUT2D eigenvalue weighted by atomic mass is 10.2. The Hall–Kier alpha value is -1.05. The highest BCUT2D eigenvalue weighted by Crippen LogP contribution is 2.01. The molecule has 0 unspecified atom stereocenters. The molecule has 0 saturated carbocycles. The number of hydrogen-bond acceptors (Lipinski definition) is 2. The zero-order valence-corrected chi connectivity index (χ0v) is 6.39. The largest absolute Gasteiger partial charge is 0.427 e. The summed E-state index contributed by atoms with van der Waals surface area (Å²) >= 11 is 0. The SMILES string of the molecule is C=CC(=C)OC(=O)C(C)C. The van der Waals surface area contributed by atoms with Crippen molar-refractivity contribution in [1.82, 2.24) is 0 Å². The first-order valence-electron chi connectivity index (χ1n) is 3.11. The van der Waals surface area contributed by atoms with Crippen LogP contribution >= 0.6 is 0 Å². The number of carbonyl (C=O) groups is 1. The lowest BCUT2D eigenvalue weighted by Crippen LogP contribution is -2.09. The van der Waals surface area contributed by atoms with Crippen molar-refractivity contribution in [2.75, 3.05) is 0 Å². The molecule has 0 saturated heterocycles. The lowest BCUT2D eigenvalue weighted by molar-refractivity contribution is -0.142. The monoisotopic (exact) mass is 140 g/mol. The van der Waals surface area contributed by atoms with Crippen LogP contribution in [0, 0.1) is 5.92 Å². The lowest BCUT2D eigenvalue weighted by Gasteiger charge is -2.04. The average molecular weight is 140 g/mol. The van der Waals surface area contributed by atoms with E-state index in [4.69, 9.17) is 4.74 Å². The van der Waals surface area contributed by atoms with Crippen molar-refractivity contribution in [1.29, 1.82) is 0 Å². The fraction of sp³-hybridized carbons (Fsp3) is 0.375. The van der Waals surface area contributed by atoms with Crippen molar-refractivity contribution < 1.29 is 9.53 Å². The Bertz CT molecular complexity index is 157. The molecule has 0 rings (SSSR count). The van der Waals surface area contributed by atoms with E-state index in [2.05, 4.69) is 13.2 Å². The molecule has 0 aliphatic heterocycles. The number of hydrogen-bond donors (Lipinski definition) is 0. The standard InChI is InChI=1S/C8H12O2/c1-5-7(4)10-8(9)6(2)3/h5-6H,1,4H2,2-3H3. The summed E-state index contributed by atoms with van der Waals surface area (Å²) < 4.78 is 4.71. The third-order valence-electron chi connectivity index (χ3n) is 0.931. The number of rotatable bonds is 3.